The second kappa shape index (κ2) is 8.77. The standard InChI is InChI=1S/C25H29FN4O3/c1-15-12-16(27-13-18-22-19(26)6-5-7-21(22)29-23(18)31)8-9-20(15)28-17-10-11-30(14-17)24(32)33-25(2,3)4/h5-9,12-13,17,27-28H,10-11,14H2,1-4H3,(H,29,31)/b18-13-. The monoisotopic (exact) mass is 452 g/mol. The first-order valence-corrected chi connectivity index (χ1v) is 11.0. The van der Waals surface area contributed by atoms with E-state index in [1.165, 1.54) is 12.3 Å². The second-order valence-corrected chi connectivity index (χ2v) is 9.40. The van der Waals surface area contributed by atoms with Crippen LogP contribution in [-0.2, 0) is 9.53 Å². The molecule has 33 heavy (non-hydrogen) atoms. The van der Waals surface area contributed by atoms with Gasteiger partial charge in [0.15, 0.2) is 0 Å². The number of rotatable bonds is 4. The Balaban J connectivity index is 1.39. The van der Waals surface area contributed by atoms with Gasteiger partial charge in [-0.2, -0.15) is 0 Å². The fourth-order valence-corrected chi connectivity index (χ4v) is 4.00. The number of anilines is 3. The van der Waals surface area contributed by atoms with Gasteiger partial charge < -0.3 is 25.6 Å². The minimum absolute atomic E-state index is 0.138. The molecule has 0 radical (unpaired) electrons. The van der Waals surface area contributed by atoms with Crippen LogP contribution >= 0.6 is 0 Å². The molecule has 0 aliphatic carbocycles. The zero-order valence-electron chi connectivity index (χ0n) is 19.3. The molecule has 1 fully saturated rings. The van der Waals surface area contributed by atoms with Gasteiger partial charge >= 0.3 is 6.09 Å². The number of ether oxygens (including phenoxy) is 1. The van der Waals surface area contributed by atoms with Crippen LogP contribution in [0.5, 0.6) is 0 Å². The van der Waals surface area contributed by atoms with Crippen LogP contribution in [0.15, 0.2) is 42.6 Å². The van der Waals surface area contributed by atoms with Gasteiger partial charge in [-0.15, -0.1) is 0 Å². The number of amides is 2. The Bertz CT molecular complexity index is 1120. The van der Waals surface area contributed by atoms with Crippen molar-refractivity contribution in [1.82, 2.24) is 4.90 Å². The van der Waals surface area contributed by atoms with Gasteiger partial charge in [0, 0.05) is 42.3 Å². The molecule has 2 aliphatic rings. The third-order valence-electron chi connectivity index (χ3n) is 5.58. The van der Waals surface area contributed by atoms with Crippen molar-refractivity contribution < 1.29 is 18.7 Å². The highest BCUT2D eigenvalue weighted by molar-refractivity contribution is 6.31. The summed E-state index contributed by atoms with van der Waals surface area (Å²) in [6.07, 6.45) is 2.08. The van der Waals surface area contributed by atoms with Gasteiger partial charge in [-0.25, -0.2) is 9.18 Å². The third-order valence-corrected chi connectivity index (χ3v) is 5.58. The zero-order chi connectivity index (χ0) is 23.8. The van der Waals surface area contributed by atoms with Gasteiger partial charge in [0.1, 0.15) is 11.4 Å². The number of nitrogens with one attached hydrogen (secondary N) is 3. The molecule has 2 heterocycles. The maximum atomic E-state index is 14.2. The van der Waals surface area contributed by atoms with Crippen molar-refractivity contribution in [3.05, 3.63) is 59.5 Å². The average molecular weight is 453 g/mol. The Kier molecular flexibility index (Phi) is 6.01. The molecule has 4 rings (SSSR count). The number of carbonyl (C=O) groups excluding carboxylic acids is 2. The topological polar surface area (TPSA) is 82.7 Å². The number of likely N-dealkylation sites (tertiary alicyclic amines) is 1. The molecular formula is C25H29FN4O3. The van der Waals surface area contributed by atoms with Crippen molar-refractivity contribution in [2.45, 2.75) is 45.8 Å². The van der Waals surface area contributed by atoms with E-state index in [-0.39, 0.29) is 29.2 Å². The van der Waals surface area contributed by atoms with E-state index in [0.717, 1.165) is 23.4 Å². The lowest BCUT2D eigenvalue weighted by Gasteiger charge is -2.24. The Hall–Kier alpha value is -3.55. The summed E-state index contributed by atoms with van der Waals surface area (Å²) >= 11 is 0. The van der Waals surface area contributed by atoms with E-state index in [0.29, 0.717) is 18.8 Å². The zero-order valence-corrected chi connectivity index (χ0v) is 19.3. The van der Waals surface area contributed by atoms with Crippen LogP contribution in [0, 0.1) is 12.7 Å². The van der Waals surface area contributed by atoms with Crippen molar-refractivity contribution in [3.8, 4) is 0 Å². The highest BCUT2D eigenvalue weighted by Gasteiger charge is 2.30. The molecule has 7 nitrogen and oxygen atoms in total. The molecule has 8 heteroatoms. The predicted octanol–water partition coefficient (Wildman–Crippen LogP) is 4.96. The number of fused-ring (bicyclic) bond motifs is 1. The van der Waals surface area contributed by atoms with Gasteiger partial charge in [-0.05, 0) is 70.0 Å². The summed E-state index contributed by atoms with van der Waals surface area (Å²) in [5.41, 5.74) is 3.27. The molecule has 1 saturated heterocycles. The van der Waals surface area contributed by atoms with Crippen molar-refractivity contribution in [1.29, 1.82) is 0 Å². The van der Waals surface area contributed by atoms with Crippen LogP contribution in [0.2, 0.25) is 0 Å². The van der Waals surface area contributed by atoms with E-state index in [4.69, 9.17) is 4.74 Å². The van der Waals surface area contributed by atoms with Crippen molar-refractivity contribution >= 4 is 34.6 Å². The number of carbonyl (C=O) groups is 2. The summed E-state index contributed by atoms with van der Waals surface area (Å²) in [6, 6.07) is 10.5. The maximum Gasteiger partial charge on any atom is 0.410 e. The van der Waals surface area contributed by atoms with E-state index in [1.54, 1.807) is 17.0 Å². The maximum absolute atomic E-state index is 14.2. The Labute approximate surface area is 193 Å². The largest absolute Gasteiger partial charge is 0.444 e. The molecule has 3 N–H and O–H groups in total. The summed E-state index contributed by atoms with van der Waals surface area (Å²) in [5.74, 6) is -0.778. The van der Waals surface area contributed by atoms with Crippen LogP contribution in [0.25, 0.3) is 5.57 Å². The molecule has 2 aromatic carbocycles. The summed E-state index contributed by atoms with van der Waals surface area (Å²) in [7, 11) is 0. The molecule has 0 spiro atoms. The van der Waals surface area contributed by atoms with E-state index < -0.39 is 11.4 Å². The SMILES string of the molecule is Cc1cc(N/C=C2\C(=O)Nc3cccc(F)c32)ccc1NC1CCN(C(=O)OC(C)(C)C)C1. The lowest BCUT2D eigenvalue weighted by molar-refractivity contribution is -0.110. The van der Waals surface area contributed by atoms with Crippen LogP contribution in [0.1, 0.15) is 38.3 Å². The number of nitrogens with zero attached hydrogens (tertiary/aromatic N) is 1. The van der Waals surface area contributed by atoms with Crippen LogP contribution < -0.4 is 16.0 Å². The smallest absolute Gasteiger partial charge is 0.410 e. The highest BCUT2D eigenvalue weighted by atomic mass is 19.1. The van der Waals surface area contributed by atoms with Crippen LogP contribution in [-0.4, -0.2) is 41.6 Å². The summed E-state index contributed by atoms with van der Waals surface area (Å²) in [5, 5.41) is 9.28. The van der Waals surface area contributed by atoms with E-state index in [9.17, 15) is 14.0 Å². The minimum Gasteiger partial charge on any atom is -0.444 e. The minimum atomic E-state index is -0.510. The average Bonchev–Trinajstić information content (AvgIpc) is 3.32. The van der Waals surface area contributed by atoms with E-state index in [1.807, 2.05) is 45.9 Å². The normalized spacial score (nSPS) is 18.8. The Morgan fingerprint density at radius 2 is 2.06 bits per heavy atom. The molecule has 2 amide bonds. The molecule has 0 aromatic heterocycles. The first kappa shape index (κ1) is 22.6. The first-order chi connectivity index (χ1) is 15.6. The fraction of sp³-hybridized carbons (Fsp3) is 0.360. The molecule has 1 atom stereocenters. The second-order valence-electron chi connectivity index (χ2n) is 9.40. The number of hydrogen-bond acceptors (Lipinski definition) is 5. The lowest BCUT2D eigenvalue weighted by atomic mass is 10.1. The number of hydrogen-bond donors (Lipinski definition) is 3. The van der Waals surface area contributed by atoms with Crippen LogP contribution in [0.3, 0.4) is 0 Å². The number of aryl methyl sites for hydroxylation is 1. The lowest BCUT2D eigenvalue weighted by Crippen LogP contribution is -2.36. The summed E-state index contributed by atoms with van der Waals surface area (Å²) < 4.78 is 19.7. The molecular weight excluding hydrogens is 423 g/mol. The van der Waals surface area contributed by atoms with E-state index >= 15 is 0 Å². The summed E-state index contributed by atoms with van der Waals surface area (Å²) in [4.78, 5) is 26.2. The first-order valence-electron chi connectivity index (χ1n) is 11.0. The van der Waals surface area contributed by atoms with Crippen molar-refractivity contribution in [2.24, 2.45) is 0 Å². The Morgan fingerprint density at radius 1 is 1.27 bits per heavy atom. The van der Waals surface area contributed by atoms with E-state index in [2.05, 4.69) is 16.0 Å². The van der Waals surface area contributed by atoms with Crippen LogP contribution in [0.4, 0.5) is 26.2 Å². The molecule has 2 aliphatic heterocycles. The quantitative estimate of drug-likeness (QED) is 0.571. The number of halogens is 1. The molecule has 0 bridgehead atoms. The van der Waals surface area contributed by atoms with Gasteiger partial charge in [0.05, 0.1) is 11.3 Å². The number of benzene rings is 2. The Morgan fingerprint density at radius 3 is 2.79 bits per heavy atom. The van der Waals surface area contributed by atoms with Crippen molar-refractivity contribution in [3.63, 3.8) is 0 Å². The molecule has 0 saturated carbocycles. The molecule has 2 aromatic rings. The van der Waals surface area contributed by atoms with Crippen molar-refractivity contribution in [2.75, 3.05) is 29.0 Å². The third kappa shape index (κ3) is 5.10. The molecule has 174 valence electrons. The predicted molar refractivity (Wildman–Crippen MR) is 128 cm³/mol. The van der Waals surface area contributed by atoms with Gasteiger partial charge in [0.25, 0.3) is 5.91 Å². The highest BCUT2D eigenvalue weighted by Crippen LogP contribution is 2.34. The van der Waals surface area contributed by atoms with Gasteiger partial charge in [-0.1, -0.05) is 6.07 Å². The van der Waals surface area contributed by atoms with Gasteiger partial charge in [0.2, 0.25) is 0 Å². The molecule has 1 unspecified atom stereocenters. The summed E-state index contributed by atoms with van der Waals surface area (Å²) in [6.45, 7) is 8.80. The van der Waals surface area contributed by atoms with Gasteiger partial charge in [-0.3, -0.25) is 4.79 Å². The fourth-order valence-electron chi connectivity index (χ4n) is 4.00.